The minimum Gasteiger partial charge on any atom is -0.383 e. The summed E-state index contributed by atoms with van der Waals surface area (Å²) in [5.41, 5.74) is 1.25. The highest BCUT2D eigenvalue weighted by molar-refractivity contribution is 7.15. The van der Waals surface area contributed by atoms with Crippen LogP contribution in [0.15, 0.2) is 0 Å². The summed E-state index contributed by atoms with van der Waals surface area (Å²) < 4.78 is 5.08. The summed E-state index contributed by atoms with van der Waals surface area (Å²) in [6.45, 7) is 13.5. The molecule has 4 nitrogen and oxygen atoms in total. The molecule has 0 bridgehead atoms. The molecule has 0 fully saturated rings. The molecular formula is C16H31N3OS. The van der Waals surface area contributed by atoms with E-state index < -0.39 is 0 Å². The molecule has 1 aromatic rings. The molecule has 1 rings (SSSR count). The molecule has 0 aliphatic carbocycles. The van der Waals surface area contributed by atoms with Crippen molar-refractivity contribution in [2.75, 3.05) is 38.3 Å². The summed E-state index contributed by atoms with van der Waals surface area (Å²) in [5, 5.41) is 4.62. The second-order valence-corrected chi connectivity index (χ2v) is 6.62. The molecule has 0 saturated carbocycles. The minimum atomic E-state index is 0.471. The average Bonchev–Trinajstić information content (AvgIpc) is 2.89. The first kappa shape index (κ1) is 18.4. The van der Waals surface area contributed by atoms with Gasteiger partial charge in [0.2, 0.25) is 0 Å². The Labute approximate surface area is 133 Å². The van der Waals surface area contributed by atoms with E-state index in [2.05, 4.69) is 37.9 Å². The number of nitrogens with one attached hydrogen (secondary N) is 1. The molecule has 1 N–H and O–H groups in total. The summed E-state index contributed by atoms with van der Waals surface area (Å²) in [6, 6.07) is 0. The molecular weight excluding hydrogens is 282 g/mol. The Kier molecular flexibility index (Phi) is 8.88. The van der Waals surface area contributed by atoms with Gasteiger partial charge >= 0.3 is 0 Å². The molecule has 1 heterocycles. The van der Waals surface area contributed by atoms with E-state index in [1.807, 2.05) is 11.3 Å². The number of methoxy groups -OCH3 is 1. The van der Waals surface area contributed by atoms with Gasteiger partial charge in [-0.3, -0.25) is 0 Å². The van der Waals surface area contributed by atoms with E-state index in [0.717, 1.165) is 32.8 Å². The van der Waals surface area contributed by atoms with Crippen molar-refractivity contribution in [3.8, 4) is 0 Å². The largest absolute Gasteiger partial charge is 0.383 e. The SMILES string of the molecule is CCCCN(CC)c1nc(C(C)C)c(CNCCOC)s1. The normalized spacial score (nSPS) is 11.3. The maximum absolute atomic E-state index is 5.08. The van der Waals surface area contributed by atoms with Gasteiger partial charge in [-0.15, -0.1) is 11.3 Å². The van der Waals surface area contributed by atoms with Gasteiger partial charge in [0, 0.05) is 38.2 Å². The first-order chi connectivity index (χ1) is 10.1. The number of rotatable bonds is 11. The van der Waals surface area contributed by atoms with E-state index in [1.54, 1.807) is 7.11 Å². The third kappa shape index (κ3) is 5.93. The lowest BCUT2D eigenvalue weighted by molar-refractivity contribution is 0.199. The molecule has 0 saturated heterocycles. The van der Waals surface area contributed by atoms with E-state index >= 15 is 0 Å². The van der Waals surface area contributed by atoms with E-state index in [-0.39, 0.29) is 0 Å². The Bertz CT molecular complexity index is 393. The molecule has 0 spiro atoms. The van der Waals surface area contributed by atoms with Gasteiger partial charge in [-0.1, -0.05) is 27.2 Å². The van der Waals surface area contributed by atoms with Crippen molar-refractivity contribution in [2.24, 2.45) is 0 Å². The Balaban J connectivity index is 2.76. The highest BCUT2D eigenvalue weighted by Crippen LogP contribution is 2.30. The molecule has 0 atom stereocenters. The second-order valence-electron chi connectivity index (χ2n) is 5.56. The van der Waals surface area contributed by atoms with Crippen molar-refractivity contribution in [1.82, 2.24) is 10.3 Å². The molecule has 0 unspecified atom stereocenters. The van der Waals surface area contributed by atoms with E-state index in [4.69, 9.17) is 9.72 Å². The summed E-state index contributed by atoms with van der Waals surface area (Å²) in [4.78, 5) is 8.67. The lowest BCUT2D eigenvalue weighted by Crippen LogP contribution is -2.23. The van der Waals surface area contributed by atoms with E-state index in [9.17, 15) is 0 Å². The van der Waals surface area contributed by atoms with Gasteiger partial charge in [0.15, 0.2) is 5.13 Å². The Morgan fingerprint density at radius 3 is 2.67 bits per heavy atom. The highest BCUT2D eigenvalue weighted by Gasteiger charge is 2.17. The number of unbranched alkanes of at least 4 members (excludes halogenated alkanes) is 1. The fourth-order valence-corrected chi connectivity index (χ4v) is 3.45. The van der Waals surface area contributed by atoms with Crippen LogP contribution in [-0.4, -0.2) is 38.3 Å². The van der Waals surface area contributed by atoms with Gasteiger partial charge in [-0.25, -0.2) is 4.98 Å². The molecule has 0 aromatic carbocycles. The average molecular weight is 314 g/mol. The summed E-state index contributed by atoms with van der Waals surface area (Å²) in [5.74, 6) is 0.471. The van der Waals surface area contributed by atoms with Crippen molar-refractivity contribution in [2.45, 2.75) is 53.0 Å². The number of nitrogens with zero attached hydrogens (tertiary/aromatic N) is 2. The zero-order valence-corrected chi connectivity index (χ0v) is 15.1. The van der Waals surface area contributed by atoms with Gasteiger partial charge in [0.1, 0.15) is 0 Å². The van der Waals surface area contributed by atoms with Crippen LogP contribution < -0.4 is 10.2 Å². The monoisotopic (exact) mass is 313 g/mol. The van der Waals surface area contributed by atoms with E-state index in [0.29, 0.717) is 5.92 Å². The summed E-state index contributed by atoms with van der Waals surface area (Å²) in [6.07, 6.45) is 2.45. The van der Waals surface area contributed by atoms with Gasteiger partial charge in [-0.05, 0) is 19.3 Å². The third-order valence-corrected chi connectivity index (χ3v) is 4.60. The predicted octanol–water partition coefficient (Wildman–Crippen LogP) is 3.63. The number of thiazole rings is 1. The van der Waals surface area contributed by atoms with Crippen molar-refractivity contribution in [1.29, 1.82) is 0 Å². The quantitative estimate of drug-likeness (QED) is 0.633. The van der Waals surface area contributed by atoms with Crippen LogP contribution in [0.1, 0.15) is 57.0 Å². The molecule has 5 heteroatoms. The first-order valence-electron chi connectivity index (χ1n) is 8.08. The molecule has 0 radical (unpaired) electrons. The standard InChI is InChI=1S/C16H31N3OS/c1-6-8-10-19(7-2)16-18-15(13(3)4)14(21-16)12-17-9-11-20-5/h13,17H,6-12H2,1-5H3. The van der Waals surface area contributed by atoms with Crippen molar-refractivity contribution in [3.05, 3.63) is 10.6 Å². The molecule has 1 aromatic heterocycles. The zero-order chi connectivity index (χ0) is 15.7. The van der Waals surface area contributed by atoms with Crippen LogP contribution >= 0.6 is 11.3 Å². The van der Waals surface area contributed by atoms with Gasteiger partial charge < -0.3 is 15.0 Å². The lowest BCUT2D eigenvalue weighted by Gasteiger charge is -2.19. The highest BCUT2D eigenvalue weighted by atomic mass is 32.1. The molecule has 0 amide bonds. The molecule has 21 heavy (non-hydrogen) atoms. The van der Waals surface area contributed by atoms with Crippen LogP contribution in [0.25, 0.3) is 0 Å². The zero-order valence-electron chi connectivity index (χ0n) is 14.2. The fourth-order valence-electron chi connectivity index (χ4n) is 2.18. The predicted molar refractivity (Wildman–Crippen MR) is 92.6 cm³/mol. The van der Waals surface area contributed by atoms with Crippen LogP contribution in [0.3, 0.4) is 0 Å². The number of aromatic nitrogens is 1. The number of hydrogen-bond acceptors (Lipinski definition) is 5. The molecule has 0 aliphatic rings. The van der Waals surface area contributed by atoms with Gasteiger partial charge in [0.05, 0.1) is 12.3 Å². The third-order valence-electron chi connectivity index (χ3n) is 3.47. The first-order valence-corrected chi connectivity index (χ1v) is 8.89. The summed E-state index contributed by atoms with van der Waals surface area (Å²) >= 11 is 1.84. The Hall–Kier alpha value is -0.650. The van der Waals surface area contributed by atoms with Crippen molar-refractivity contribution >= 4 is 16.5 Å². The van der Waals surface area contributed by atoms with Crippen molar-refractivity contribution in [3.63, 3.8) is 0 Å². The van der Waals surface area contributed by atoms with Crippen LogP contribution in [0.4, 0.5) is 5.13 Å². The smallest absolute Gasteiger partial charge is 0.185 e. The lowest BCUT2D eigenvalue weighted by atomic mass is 10.1. The summed E-state index contributed by atoms with van der Waals surface area (Å²) in [7, 11) is 1.74. The Morgan fingerprint density at radius 2 is 2.10 bits per heavy atom. The van der Waals surface area contributed by atoms with Gasteiger partial charge in [0.25, 0.3) is 0 Å². The second kappa shape index (κ2) is 10.1. The number of ether oxygens (including phenoxy) is 1. The molecule has 122 valence electrons. The maximum atomic E-state index is 5.08. The van der Waals surface area contributed by atoms with Crippen LogP contribution in [0.2, 0.25) is 0 Å². The number of anilines is 1. The van der Waals surface area contributed by atoms with E-state index in [1.165, 1.54) is 28.5 Å². The topological polar surface area (TPSA) is 37.4 Å². The van der Waals surface area contributed by atoms with Crippen LogP contribution in [-0.2, 0) is 11.3 Å². The van der Waals surface area contributed by atoms with Crippen LogP contribution in [0.5, 0.6) is 0 Å². The number of hydrogen-bond donors (Lipinski definition) is 1. The van der Waals surface area contributed by atoms with Crippen LogP contribution in [0, 0.1) is 0 Å². The molecule has 0 aliphatic heterocycles. The minimum absolute atomic E-state index is 0.471. The van der Waals surface area contributed by atoms with Crippen molar-refractivity contribution < 1.29 is 4.74 Å². The maximum Gasteiger partial charge on any atom is 0.185 e. The fraction of sp³-hybridized carbons (Fsp3) is 0.812. The Morgan fingerprint density at radius 1 is 1.33 bits per heavy atom. The van der Waals surface area contributed by atoms with Gasteiger partial charge in [-0.2, -0.15) is 0 Å².